The molecule has 1 saturated heterocycles. The van der Waals surface area contributed by atoms with Gasteiger partial charge in [-0.15, -0.1) is 0 Å². The number of rotatable bonds is 4. The van der Waals surface area contributed by atoms with Gasteiger partial charge in [0.15, 0.2) is 0 Å². The number of carbonyl (C=O) groups is 2. The highest BCUT2D eigenvalue weighted by Crippen LogP contribution is 2.32. The molecule has 0 spiro atoms. The maximum absolute atomic E-state index is 12.5. The first-order chi connectivity index (χ1) is 10.5. The largest absolute Gasteiger partial charge is 0.480 e. The quantitative estimate of drug-likeness (QED) is 0.823. The van der Waals surface area contributed by atoms with Crippen LogP contribution in [-0.4, -0.2) is 34.3 Å². The monoisotopic (exact) mass is 337 g/mol. The Balaban J connectivity index is 1.68. The van der Waals surface area contributed by atoms with E-state index in [0.29, 0.717) is 22.9 Å². The molecule has 0 saturated carbocycles. The highest BCUT2D eigenvalue weighted by atomic mass is 35.5. The lowest BCUT2D eigenvalue weighted by atomic mass is 9.88. The fourth-order valence-corrected chi connectivity index (χ4v) is 4.00. The van der Waals surface area contributed by atoms with Crippen LogP contribution in [0.2, 0.25) is 5.02 Å². The lowest BCUT2D eigenvalue weighted by molar-refractivity contribution is -0.142. The van der Waals surface area contributed by atoms with Crippen LogP contribution in [0.5, 0.6) is 0 Å². The lowest BCUT2D eigenvalue weighted by Crippen LogP contribution is -2.40. The normalized spacial score (nSPS) is 27.0. The van der Waals surface area contributed by atoms with Crippen LogP contribution in [0.3, 0.4) is 0 Å². The molecule has 0 radical (unpaired) electrons. The molecule has 3 rings (SSSR count). The van der Waals surface area contributed by atoms with E-state index >= 15 is 0 Å². The van der Waals surface area contributed by atoms with Crippen molar-refractivity contribution in [1.29, 1.82) is 0 Å². The van der Waals surface area contributed by atoms with Crippen LogP contribution in [0.25, 0.3) is 0 Å². The molecule has 1 aliphatic carbocycles. The van der Waals surface area contributed by atoms with Crippen LogP contribution < -0.4 is 5.32 Å². The van der Waals surface area contributed by atoms with E-state index in [9.17, 15) is 14.7 Å². The van der Waals surface area contributed by atoms with Gasteiger partial charge in [0.05, 0.1) is 5.92 Å². The molecule has 22 heavy (non-hydrogen) atoms. The highest BCUT2D eigenvalue weighted by Gasteiger charge is 2.41. The Labute approximate surface area is 138 Å². The second kappa shape index (κ2) is 6.07. The van der Waals surface area contributed by atoms with Crippen molar-refractivity contribution < 1.29 is 14.7 Å². The van der Waals surface area contributed by atoms with Gasteiger partial charge in [-0.3, -0.25) is 14.9 Å². The fourth-order valence-electron chi connectivity index (χ4n) is 3.45. The van der Waals surface area contributed by atoms with Gasteiger partial charge in [0.2, 0.25) is 0 Å². The minimum absolute atomic E-state index is 0.0636. The van der Waals surface area contributed by atoms with Crippen LogP contribution in [0, 0.1) is 11.8 Å². The number of carboxylic acids is 1. The number of fused-ring (bicyclic) bond motifs is 1. The molecule has 2 unspecified atom stereocenters. The number of aliphatic carboxylic acids is 1. The van der Waals surface area contributed by atoms with E-state index in [4.69, 9.17) is 23.8 Å². The molecule has 1 aromatic rings. The number of carboxylic acid groups (broad SMARTS) is 1. The molecule has 1 fully saturated rings. The summed E-state index contributed by atoms with van der Waals surface area (Å²) in [6.45, 7) is 0.323. The number of thiocarbonyl (C=S) groups is 1. The number of ketones is 1. The Kier molecular flexibility index (Phi) is 4.30. The average molecular weight is 338 g/mol. The topological polar surface area (TPSA) is 66.4 Å². The number of nitrogens with one attached hydrogen (secondary N) is 1. The van der Waals surface area contributed by atoms with Crippen LogP contribution >= 0.6 is 23.8 Å². The molecule has 4 nitrogen and oxygen atoms in total. The summed E-state index contributed by atoms with van der Waals surface area (Å²) in [4.78, 5) is 24.3. The molecule has 2 aliphatic rings. The second-order valence-electron chi connectivity index (χ2n) is 6.00. The Morgan fingerprint density at radius 2 is 2.05 bits per heavy atom. The molecule has 116 valence electrons. The van der Waals surface area contributed by atoms with E-state index in [2.05, 4.69) is 5.32 Å². The molecule has 1 aromatic carbocycles. The van der Waals surface area contributed by atoms with Gasteiger partial charge < -0.3 is 5.11 Å². The Bertz CT molecular complexity index is 661. The van der Waals surface area contributed by atoms with Crippen LogP contribution in [0.15, 0.2) is 18.2 Å². The highest BCUT2D eigenvalue weighted by molar-refractivity contribution is 7.80. The minimum atomic E-state index is -1.01. The predicted octanol–water partition coefficient (Wildman–Crippen LogP) is 2.06. The summed E-state index contributed by atoms with van der Waals surface area (Å²) in [5, 5.41) is 12.7. The number of hydrogen-bond donors (Lipinski definition) is 2. The van der Waals surface area contributed by atoms with Gasteiger partial charge in [0, 0.05) is 22.9 Å². The van der Waals surface area contributed by atoms with Crippen molar-refractivity contribution in [2.24, 2.45) is 11.8 Å². The smallest absolute Gasteiger partial charge is 0.321 e. The third-order valence-corrected chi connectivity index (χ3v) is 5.10. The second-order valence-corrected chi connectivity index (χ2v) is 6.96. The first kappa shape index (κ1) is 15.6. The molecule has 0 aromatic heterocycles. The molecule has 1 aliphatic heterocycles. The van der Waals surface area contributed by atoms with E-state index in [0.717, 1.165) is 12.8 Å². The molecule has 0 amide bonds. The predicted molar refractivity (Wildman–Crippen MR) is 87.5 cm³/mol. The van der Waals surface area contributed by atoms with Crippen molar-refractivity contribution in [3.8, 4) is 0 Å². The summed E-state index contributed by atoms with van der Waals surface area (Å²) in [6, 6.07) is 4.94. The zero-order valence-corrected chi connectivity index (χ0v) is 13.4. The summed E-state index contributed by atoms with van der Waals surface area (Å²) in [7, 11) is 0. The summed E-state index contributed by atoms with van der Waals surface area (Å²) < 4.78 is 0. The van der Waals surface area contributed by atoms with Gasteiger partial charge in [0.1, 0.15) is 11.8 Å². The van der Waals surface area contributed by atoms with E-state index in [1.165, 1.54) is 11.1 Å². The van der Waals surface area contributed by atoms with Gasteiger partial charge >= 0.3 is 5.97 Å². The lowest BCUT2D eigenvalue weighted by Gasteiger charge is -2.16. The van der Waals surface area contributed by atoms with E-state index in [-0.39, 0.29) is 11.7 Å². The molecule has 3 atom stereocenters. The number of benzene rings is 1. The Hall–Kier alpha value is -1.30. The standard InChI is InChI=1S/C16H16ClNO3S/c17-11-2-1-9-3-8(4-10(9)6-11)5-12(19)14-13(22)7-18-15(14)16(20)21/h1-2,6,8,14-15,18H,3-5,7H2,(H,20,21)/t8?,14?,15-/m0/s1. The van der Waals surface area contributed by atoms with Crippen molar-refractivity contribution in [1.82, 2.24) is 5.32 Å². The van der Waals surface area contributed by atoms with Crippen molar-refractivity contribution in [3.05, 3.63) is 34.3 Å². The molecular weight excluding hydrogens is 322 g/mol. The van der Waals surface area contributed by atoms with Gasteiger partial charge in [-0.1, -0.05) is 29.9 Å². The van der Waals surface area contributed by atoms with Crippen molar-refractivity contribution in [2.45, 2.75) is 25.3 Å². The number of Topliss-reactive ketones (excluding diaryl/α,β-unsaturated/α-hetero) is 1. The average Bonchev–Trinajstić information content (AvgIpc) is 3.01. The van der Waals surface area contributed by atoms with Gasteiger partial charge in [-0.05, 0) is 42.0 Å². The van der Waals surface area contributed by atoms with Gasteiger partial charge in [-0.25, -0.2) is 0 Å². The number of hydrogen-bond acceptors (Lipinski definition) is 4. The van der Waals surface area contributed by atoms with Crippen molar-refractivity contribution in [2.75, 3.05) is 6.54 Å². The summed E-state index contributed by atoms with van der Waals surface area (Å²) in [6.07, 6.45) is 2.01. The minimum Gasteiger partial charge on any atom is -0.480 e. The van der Waals surface area contributed by atoms with Gasteiger partial charge in [-0.2, -0.15) is 0 Å². The van der Waals surface area contributed by atoms with Crippen LogP contribution in [-0.2, 0) is 22.4 Å². The molecule has 2 N–H and O–H groups in total. The Morgan fingerprint density at radius 3 is 2.77 bits per heavy atom. The van der Waals surface area contributed by atoms with E-state index < -0.39 is 17.9 Å². The van der Waals surface area contributed by atoms with Crippen molar-refractivity contribution in [3.63, 3.8) is 0 Å². The third kappa shape index (κ3) is 2.93. The molecule has 1 heterocycles. The first-order valence-corrected chi connectivity index (χ1v) is 8.03. The zero-order chi connectivity index (χ0) is 15.9. The maximum atomic E-state index is 12.5. The summed E-state index contributed by atoms with van der Waals surface area (Å²) in [5.41, 5.74) is 2.41. The van der Waals surface area contributed by atoms with E-state index in [1.54, 1.807) is 0 Å². The van der Waals surface area contributed by atoms with Gasteiger partial charge in [0.25, 0.3) is 0 Å². The van der Waals surface area contributed by atoms with Crippen LogP contribution in [0.4, 0.5) is 0 Å². The third-order valence-electron chi connectivity index (χ3n) is 4.46. The first-order valence-electron chi connectivity index (χ1n) is 7.24. The fraction of sp³-hybridized carbons (Fsp3) is 0.438. The summed E-state index contributed by atoms with van der Waals surface area (Å²) >= 11 is 11.2. The molecule has 6 heteroatoms. The Morgan fingerprint density at radius 1 is 1.32 bits per heavy atom. The zero-order valence-electron chi connectivity index (χ0n) is 11.8. The SMILES string of the molecule is O=C(CC1Cc2ccc(Cl)cc2C1)C1C(=S)CN[C@@H]1C(=O)O. The number of carbonyl (C=O) groups excluding carboxylic acids is 1. The van der Waals surface area contributed by atoms with Crippen LogP contribution in [0.1, 0.15) is 17.5 Å². The molecular formula is C16H16ClNO3S. The van der Waals surface area contributed by atoms with E-state index in [1.807, 2.05) is 18.2 Å². The maximum Gasteiger partial charge on any atom is 0.321 e. The van der Waals surface area contributed by atoms with Crippen molar-refractivity contribution >= 4 is 40.4 Å². The summed E-state index contributed by atoms with van der Waals surface area (Å²) in [5.74, 6) is -1.55. The number of halogens is 1. The molecule has 0 bridgehead atoms.